The number of aliphatic hydroxyl groups is 2. The van der Waals surface area contributed by atoms with Gasteiger partial charge in [-0.25, -0.2) is 0 Å². The molecule has 1 amide bonds. The molecule has 0 aliphatic rings. The molecule has 3 N–H and O–H groups in total. The van der Waals surface area contributed by atoms with Crippen molar-refractivity contribution in [2.24, 2.45) is 0 Å². The Kier molecular flexibility index (Phi) is 67.4. The number of esters is 1. The van der Waals surface area contributed by atoms with Crippen LogP contribution in [0.4, 0.5) is 0 Å². The Morgan fingerprint density at radius 3 is 1.00 bits per heavy atom. The molecule has 0 aliphatic heterocycles. The van der Waals surface area contributed by atoms with Gasteiger partial charge >= 0.3 is 5.97 Å². The van der Waals surface area contributed by atoms with Crippen LogP contribution < -0.4 is 5.32 Å². The maximum atomic E-state index is 12.5. The Bertz CT molecular complexity index is 1340. The van der Waals surface area contributed by atoms with Crippen LogP contribution in [0.25, 0.3) is 0 Å². The van der Waals surface area contributed by atoms with Gasteiger partial charge in [0, 0.05) is 12.8 Å². The lowest BCUT2D eigenvalue weighted by molar-refractivity contribution is -0.143. The van der Waals surface area contributed by atoms with Gasteiger partial charge in [0.1, 0.15) is 0 Å². The number of nitrogens with one attached hydrogen (secondary N) is 1. The van der Waals surface area contributed by atoms with Gasteiger partial charge in [-0.2, -0.15) is 0 Å². The van der Waals surface area contributed by atoms with E-state index in [4.69, 9.17) is 4.74 Å². The van der Waals surface area contributed by atoms with Crippen LogP contribution in [-0.4, -0.2) is 47.4 Å². The minimum atomic E-state index is -0.846. The summed E-state index contributed by atoms with van der Waals surface area (Å²) in [6, 6.07) is -0.630. The molecule has 0 spiro atoms. The summed E-state index contributed by atoms with van der Waals surface area (Å²) in [6.07, 6.45) is 90.5. The van der Waals surface area contributed by atoms with Crippen molar-refractivity contribution in [3.63, 3.8) is 0 Å². The number of carbonyl (C=O) groups is 2. The van der Waals surface area contributed by atoms with E-state index in [1.165, 1.54) is 308 Å². The van der Waals surface area contributed by atoms with Gasteiger partial charge in [-0.3, -0.25) is 9.59 Å². The first-order chi connectivity index (χ1) is 39.5. The number of carbonyl (C=O) groups excluding carboxylic acids is 2. The van der Waals surface area contributed by atoms with E-state index in [1.807, 2.05) is 6.08 Å². The van der Waals surface area contributed by atoms with Gasteiger partial charge < -0.3 is 20.3 Å². The lowest BCUT2D eigenvalue weighted by atomic mass is 10.0. The van der Waals surface area contributed by atoms with Gasteiger partial charge in [-0.15, -0.1) is 0 Å². The summed E-state index contributed by atoms with van der Waals surface area (Å²) < 4.78 is 5.48. The molecule has 0 rings (SSSR count). The zero-order chi connectivity index (χ0) is 57.8. The fourth-order valence-electron chi connectivity index (χ4n) is 11.1. The molecular formula is C74H139NO5. The maximum Gasteiger partial charge on any atom is 0.305 e. The van der Waals surface area contributed by atoms with Crippen LogP contribution in [0.1, 0.15) is 386 Å². The quantitative estimate of drug-likeness (QED) is 0.0320. The monoisotopic (exact) mass is 1120 g/mol. The highest BCUT2D eigenvalue weighted by atomic mass is 16.5. The molecule has 0 aromatic heterocycles. The number of rotatable bonds is 67. The van der Waals surface area contributed by atoms with E-state index < -0.39 is 12.1 Å². The summed E-state index contributed by atoms with van der Waals surface area (Å²) in [5.41, 5.74) is 0. The molecule has 80 heavy (non-hydrogen) atoms. The van der Waals surface area contributed by atoms with Gasteiger partial charge in [0.2, 0.25) is 5.91 Å². The number of amides is 1. The third-order valence-electron chi connectivity index (χ3n) is 16.6. The second-order valence-corrected chi connectivity index (χ2v) is 24.6. The predicted octanol–water partition coefficient (Wildman–Crippen LogP) is 23.3. The Labute approximate surface area is 499 Å². The highest BCUT2D eigenvalue weighted by molar-refractivity contribution is 5.76. The number of aliphatic hydroxyl groups excluding tert-OH is 2. The molecule has 0 radical (unpaired) electrons. The average Bonchev–Trinajstić information content (AvgIpc) is 3.46. The van der Waals surface area contributed by atoms with E-state index in [0.717, 1.165) is 51.4 Å². The largest absolute Gasteiger partial charge is 0.466 e. The van der Waals surface area contributed by atoms with E-state index in [1.54, 1.807) is 6.08 Å². The normalized spacial score (nSPS) is 12.8. The summed E-state index contributed by atoms with van der Waals surface area (Å²) in [5.74, 6) is -0.0637. The molecule has 2 atom stereocenters. The predicted molar refractivity (Wildman–Crippen MR) is 352 cm³/mol. The molecule has 6 heteroatoms. The molecule has 2 unspecified atom stereocenters. The van der Waals surface area contributed by atoms with Crippen molar-refractivity contribution >= 4 is 11.9 Å². The highest BCUT2D eigenvalue weighted by Gasteiger charge is 2.18. The van der Waals surface area contributed by atoms with Crippen molar-refractivity contribution in [3.05, 3.63) is 48.6 Å². The second kappa shape index (κ2) is 69.3. The molecule has 0 saturated heterocycles. The first kappa shape index (κ1) is 77.8. The molecule has 470 valence electrons. The summed E-state index contributed by atoms with van der Waals surface area (Å²) in [4.78, 5) is 24.6. The molecule has 0 saturated carbocycles. The average molecular weight is 1120 g/mol. The molecule has 6 nitrogen and oxygen atoms in total. The Hall–Kier alpha value is -2.18. The van der Waals surface area contributed by atoms with Gasteiger partial charge in [0.25, 0.3) is 0 Å². The van der Waals surface area contributed by atoms with E-state index in [9.17, 15) is 19.8 Å². The maximum absolute atomic E-state index is 12.5. The molecule has 0 bridgehead atoms. The lowest BCUT2D eigenvalue weighted by Crippen LogP contribution is -2.45. The van der Waals surface area contributed by atoms with Crippen molar-refractivity contribution in [1.29, 1.82) is 0 Å². The first-order valence-corrected chi connectivity index (χ1v) is 35.9. The number of allylic oxidation sites excluding steroid dienone is 7. The Balaban J connectivity index is 3.41. The summed E-state index contributed by atoms with van der Waals surface area (Å²) in [5, 5.41) is 23.3. The van der Waals surface area contributed by atoms with E-state index >= 15 is 0 Å². The smallest absolute Gasteiger partial charge is 0.305 e. The van der Waals surface area contributed by atoms with Crippen LogP contribution in [0, 0.1) is 0 Å². The second-order valence-electron chi connectivity index (χ2n) is 24.6. The molecular weight excluding hydrogens is 983 g/mol. The summed E-state index contributed by atoms with van der Waals surface area (Å²) >= 11 is 0. The number of unbranched alkanes of at least 4 members (excludes halogenated alkanes) is 50. The van der Waals surface area contributed by atoms with E-state index in [2.05, 4.69) is 55.6 Å². The zero-order valence-corrected chi connectivity index (χ0v) is 53.8. The Morgan fingerprint density at radius 1 is 0.350 bits per heavy atom. The van der Waals surface area contributed by atoms with Crippen LogP contribution in [0.3, 0.4) is 0 Å². The minimum absolute atomic E-state index is 0.000958. The van der Waals surface area contributed by atoms with Crippen molar-refractivity contribution in [3.8, 4) is 0 Å². The van der Waals surface area contributed by atoms with Crippen LogP contribution in [0.2, 0.25) is 0 Å². The highest BCUT2D eigenvalue weighted by Crippen LogP contribution is 2.18. The third kappa shape index (κ3) is 65.0. The number of hydrogen-bond donors (Lipinski definition) is 3. The van der Waals surface area contributed by atoms with Crippen LogP contribution in [0.15, 0.2) is 48.6 Å². The van der Waals surface area contributed by atoms with E-state index in [-0.39, 0.29) is 18.5 Å². The van der Waals surface area contributed by atoms with Crippen molar-refractivity contribution in [2.75, 3.05) is 13.2 Å². The molecule has 0 aromatic carbocycles. The van der Waals surface area contributed by atoms with Crippen LogP contribution in [0.5, 0.6) is 0 Å². The van der Waals surface area contributed by atoms with Crippen LogP contribution >= 0.6 is 0 Å². The van der Waals surface area contributed by atoms with E-state index in [0.29, 0.717) is 19.4 Å². The molecule has 0 fully saturated rings. The fraction of sp³-hybridized carbons (Fsp3) is 0.865. The number of hydrogen-bond acceptors (Lipinski definition) is 5. The molecule has 0 heterocycles. The summed E-state index contributed by atoms with van der Waals surface area (Å²) in [6.45, 7) is 4.89. The standard InChI is InChI=1S/C74H139NO5/c1-3-5-7-9-11-13-15-17-19-20-21-30-33-36-39-42-46-50-54-58-62-66-72(77)71(70-76)75-73(78)67-63-59-55-51-47-43-40-37-34-31-28-26-24-22-23-25-27-29-32-35-38-41-45-49-53-57-61-65-69-80-74(79)68-64-60-56-52-48-44-18-16-14-12-10-8-6-4-2/h10,12,16,18,22-23,62,66,71-72,76-77H,3-9,11,13-15,17,19-21,24-61,63-65,67-70H2,1-2H3,(H,75,78)/b12-10-,18-16-,23-22-,66-62+. The lowest BCUT2D eigenvalue weighted by Gasteiger charge is -2.20. The van der Waals surface area contributed by atoms with Crippen molar-refractivity contribution in [2.45, 2.75) is 398 Å². The SMILES string of the molecule is CCCC/C=C\C/C=C\CCCCCCCC(=O)OCCCCCCCCCCCCCC/C=C\CCCCCCCCCCCCCCC(=O)NC(CO)C(O)/C=C/CCCCCCCCCCCCCCCCCCCCC. The van der Waals surface area contributed by atoms with Crippen molar-refractivity contribution < 1.29 is 24.5 Å². The minimum Gasteiger partial charge on any atom is -0.466 e. The van der Waals surface area contributed by atoms with Gasteiger partial charge in [0.05, 0.1) is 25.4 Å². The topological polar surface area (TPSA) is 95.9 Å². The van der Waals surface area contributed by atoms with Gasteiger partial charge in [-0.05, 0) is 83.5 Å². The third-order valence-corrected chi connectivity index (χ3v) is 16.6. The van der Waals surface area contributed by atoms with Crippen LogP contribution in [-0.2, 0) is 14.3 Å². The van der Waals surface area contributed by atoms with Gasteiger partial charge in [-0.1, -0.05) is 339 Å². The summed E-state index contributed by atoms with van der Waals surface area (Å²) in [7, 11) is 0. The van der Waals surface area contributed by atoms with Gasteiger partial charge in [0.15, 0.2) is 0 Å². The molecule has 0 aliphatic carbocycles. The number of ether oxygens (including phenoxy) is 1. The fourth-order valence-corrected chi connectivity index (χ4v) is 11.1. The zero-order valence-electron chi connectivity index (χ0n) is 53.8. The molecule has 0 aromatic rings. The first-order valence-electron chi connectivity index (χ1n) is 35.9. The Morgan fingerprint density at radius 2 is 0.637 bits per heavy atom. The van der Waals surface area contributed by atoms with Crippen molar-refractivity contribution in [1.82, 2.24) is 5.32 Å².